The Hall–Kier alpha value is -3.86. The number of benzene rings is 2. The Bertz CT molecular complexity index is 1180. The van der Waals surface area contributed by atoms with Crippen molar-refractivity contribution in [1.82, 2.24) is 4.98 Å². The minimum absolute atomic E-state index is 0.0777. The molecule has 3 aromatic rings. The van der Waals surface area contributed by atoms with Crippen molar-refractivity contribution in [3.63, 3.8) is 0 Å². The number of nitriles is 1. The van der Waals surface area contributed by atoms with Crippen LogP contribution in [-0.4, -0.2) is 38.2 Å². The number of pyridine rings is 1. The van der Waals surface area contributed by atoms with Gasteiger partial charge in [-0.3, -0.25) is 9.78 Å². The number of amides is 1. The number of carbonyl (C=O) groups excluding carboxylic acids is 1. The van der Waals surface area contributed by atoms with Crippen LogP contribution >= 0.6 is 0 Å². The van der Waals surface area contributed by atoms with Gasteiger partial charge in [-0.15, -0.1) is 0 Å². The highest BCUT2D eigenvalue weighted by Gasteiger charge is 2.27. The molecule has 0 spiro atoms. The number of piperidine rings is 1. The van der Waals surface area contributed by atoms with Crippen LogP contribution in [0.1, 0.15) is 18.4 Å². The first-order valence-electron chi connectivity index (χ1n) is 10.3. The molecule has 1 aromatic heterocycles. The van der Waals surface area contributed by atoms with Gasteiger partial charge in [0.2, 0.25) is 5.91 Å². The minimum Gasteiger partial charge on any atom is -0.497 e. The Morgan fingerprint density at radius 1 is 1.16 bits per heavy atom. The molecule has 1 fully saturated rings. The molecule has 0 bridgehead atoms. The van der Waals surface area contributed by atoms with Gasteiger partial charge in [0, 0.05) is 54.5 Å². The molecule has 1 amide bonds. The van der Waals surface area contributed by atoms with Gasteiger partial charge in [0.1, 0.15) is 23.4 Å². The Balaban J connectivity index is 1.50. The highest BCUT2D eigenvalue weighted by Crippen LogP contribution is 2.33. The van der Waals surface area contributed by atoms with Gasteiger partial charge in [-0.05, 0) is 31.0 Å². The summed E-state index contributed by atoms with van der Waals surface area (Å²) in [6.07, 6.45) is 2.73. The number of hydrogen-bond donors (Lipinski definition) is 1. The highest BCUT2D eigenvalue weighted by atomic mass is 19.1. The number of fused-ring (bicyclic) bond motifs is 1. The molecule has 0 unspecified atom stereocenters. The van der Waals surface area contributed by atoms with Crippen LogP contribution in [-0.2, 0) is 4.79 Å². The van der Waals surface area contributed by atoms with E-state index in [9.17, 15) is 14.4 Å². The lowest BCUT2D eigenvalue weighted by molar-refractivity contribution is -0.120. The first-order chi connectivity index (χ1) is 15.5. The molecule has 0 aliphatic carbocycles. The molecule has 0 atom stereocenters. The predicted molar refractivity (Wildman–Crippen MR) is 120 cm³/mol. The van der Waals surface area contributed by atoms with E-state index in [0.717, 1.165) is 0 Å². The van der Waals surface area contributed by atoms with E-state index >= 15 is 0 Å². The molecule has 8 heteroatoms. The van der Waals surface area contributed by atoms with Gasteiger partial charge in [0.15, 0.2) is 0 Å². The van der Waals surface area contributed by atoms with Crippen molar-refractivity contribution in [2.75, 3.05) is 37.5 Å². The molecule has 0 saturated carbocycles. The SMILES string of the molecule is COc1cc(NC(=O)C2CCN(c3c(C#N)cnc4ccc(F)cc34)CC2)cc(OC)c1. The summed E-state index contributed by atoms with van der Waals surface area (Å²) in [5.41, 5.74) is 2.31. The molecule has 2 aromatic carbocycles. The summed E-state index contributed by atoms with van der Waals surface area (Å²) in [5, 5.41) is 13.1. The third-order valence-electron chi connectivity index (χ3n) is 5.72. The molecule has 2 heterocycles. The van der Waals surface area contributed by atoms with Crippen molar-refractivity contribution in [2.24, 2.45) is 5.92 Å². The average Bonchev–Trinajstić information content (AvgIpc) is 2.82. The van der Waals surface area contributed by atoms with Crippen LogP contribution in [0.15, 0.2) is 42.6 Å². The van der Waals surface area contributed by atoms with Crippen molar-refractivity contribution in [2.45, 2.75) is 12.8 Å². The van der Waals surface area contributed by atoms with E-state index in [1.807, 2.05) is 4.90 Å². The van der Waals surface area contributed by atoms with Gasteiger partial charge < -0.3 is 19.7 Å². The van der Waals surface area contributed by atoms with E-state index in [0.29, 0.717) is 65.3 Å². The molecule has 4 rings (SSSR count). The maximum Gasteiger partial charge on any atom is 0.227 e. The third-order valence-corrected chi connectivity index (χ3v) is 5.72. The van der Waals surface area contributed by atoms with Gasteiger partial charge in [-0.25, -0.2) is 4.39 Å². The fourth-order valence-electron chi connectivity index (χ4n) is 4.06. The molecule has 1 N–H and O–H groups in total. The lowest BCUT2D eigenvalue weighted by Gasteiger charge is -2.34. The molecule has 32 heavy (non-hydrogen) atoms. The number of aromatic nitrogens is 1. The summed E-state index contributed by atoms with van der Waals surface area (Å²) in [4.78, 5) is 19.2. The number of ether oxygens (including phenoxy) is 2. The standard InChI is InChI=1S/C24H23FN4O3/c1-31-19-10-18(11-20(12-19)32-2)28-24(30)15-5-7-29(8-6-15)23-16(13-26)14-27-22-4-3-17(25)9-21(22)23/h3-4,9-12,14-15H,5-8H2,1-2H3,(H,28,30). The first-order valence-corrected chi connectivity index (χ1v) is 10.3. The number of anilines is 2. The van der Waals surface area contributed by atoms with Crippen molar-refractivity contribution in [1.29, 1.82) is 5.26 Å². The van der Waals surface area contributed by atoms with Gasteiger partial charge in [-0.1, -0.05) is 0 Å². The van der Waals surface area contributed by atoms with Crippen LogP contribution in [0, 0.1) is 23.1 Å². The lowest BCUT2D eigenvalue weighted by atomic mass is 9.94. The van der Waals surface area contributed by atoms with Gasteiger partial charge in [0.25, 0.3) is 0 Å². The minimum atomic E-state index is -0.376. The predicted octanol–water partition coefficient (Wildman–Crippen LogP) is 4.12. The van der Waals surface area contributed by atoms with Crippen molar-refractivity contribution in [3.8, 4) is 17.6 Å². The molecular weight excluding hydrogens is 411 g/mol. The molecule has 164 valence electrons. The number of nitrogens with one attached hydrogen (secondary N) is 1. The highest BCUT2D eigenvalue weighted by molar-refractivity contribution is 5.95. The Kier molecular flexibility index (Phi) is 6.08. The Morgan fingerprint density at radius 3 is 2.47 bits per heavy atom. The Morgan fingerprint density at radius 2 is 1.84 bits per heavy atom. The molecular formula is C24H23FN4O3. The van der Waals surface area contributed by atoms with E-state index < -0.39 is 0 Å². The van der Waals surface area contributed by atoms with Gasteiger partial charge in [0.05, 0.1) is 31.0 Å². The largest absolute Gasteiger partial charge is 0.497 e. The summed E-state index contributed by atoms with van der Waals surface area (Å²) >= 11 is 0. The summed E-state index contributed by atoms with van der Waals surface area (Å²) in [5.74, 6) is 0.550. The zero-order chi connectivity index (χ0) is 22.7. The van der Waals surface area contributed by atoms with Crippen LogP contribution in [0.25, 0.3) is 10.9 Å². The summed E-state index contributed by atoms with van der Waals surface area (Å²) in [6, 6.07) is 11.8. The average molecular weight is 434 g/mol. The van der Waals surface area contributed by atoms with Crippen LogP contribution in [0.2, 0.25) is 0 Å². The summed E-state index contributed by atoms with van der Waals surface area (Å²) < 4.78 is 24.4. The van der Waals surface area contributed by atoms with Gasteiger partial charge >= 0.3 is 0 Å². The van der Waals surface area contributed by atoms with E-state index in [2.05, 4.69) is 16.4 Å². The van der Waals surface area contributed by atoms with Crippen molar-refractivity contribution in [3.05, 3.63) is 54.0 Å². The fraction of sp³-hybridized carbons (Fsp3) is 0.292. The van der Waals surface area contributed by atoms with E-state index in [4.69, 9.17) is 9.47 Å². The zero-order valence-corrected chi connectivity index (χ0v) is 17.9. The number of rotatable bonds is 5. The topological polar surface area (TPSA) is 87.5 Å². The van der Waals surface area contributed by atoms with Crippen LogP contribution in [0.5, 0.6) is 11.5 Å². The number of halogens is 1. The second-order valence-corrected chi connectivity index (χ2v) is 7.65. The van der Waals surface area contributed by atoms with E-state index in [-0.39, 0.29) is 17.6 Å². The van der Waals surface area contributed by atoms with Crippen LogP contribution in [0.3, 0.4) is 0 Å². The van der Waals surface area contributed by atoms with Crippen LogP contribution < -0.4 is 19.7 Å². The van der Waals surface area contributed by atoms with E-state index in [1.54, 1.807) is 38.5 Å². The summed E-state index contributed by atoms with van der Waals surface area (Å²) in [6.45, 7) is 1.15. The molecule has 7 nitrogen and oxygen atoms in total. The van der Waals surface area contributed by atoms with Crippen LogP contribution in [0.4, 0.5) is 15.8 Å². The quantitative estimate of drug-likeness (QED) is 0.650. The van der Waals surface area contributed by atoms with Crippen molar-refractivity contribution >= 4 is 28.2 Å². The number of carbonyl (C=O) groups is 1. The van der Waals surface area contributed by atoms with E-state index in [1.165, 1.54) is 18.3 Å². The smallest absolute Gasteiger partial charge is 0.227 e. The second-order valence-electron chi connectivity index (χ2n) is 7.65. The number of hydrogen-bond acceptors (Lipinski definition) is 6. The molecule has 0 radical (unpaired) electrons. The van der Waals surface area contributed by atoms with Gasteiger partial charge in [-0.2, -0.15) is 5.26 Å². The summed E-state index contributed by atoms with van der Waals surface area (Å²) in [7, 11) is 3.11. The van der Waals surface area contributed by atoms with Crippen molar-refractivity contribution < 1.29 is 18.7 Å². The second kappa shape index (κ2) is 9.10. The Labute approximate surface area is 185 Å². The molecule has 1 saturated heterocycles. The zero-order valence-electron chi connectivity index (χ0n) is 17.9. The maximum absolute atomic E-state index is 13.9. The normalized spacial score (nSPS) is 14.1. The number of methoxy groups -OCH3 is 2. The molecule has 1 aliphatic rings. The first kappa shape index (κ1) is 21.4. The monoisotopic (exact) mass is 434 g/mol. The third kappa shape index (κ3) is 4.28. The lowest BCUT2D eigenvalue weighted by Crippen LogP contribution is -2.38. The number of nitrogens with zero attached hydrogens (tertiary/aromatic N) is 3. The molecule has 1 aliphatic heterocycles. The maximum atomic E-state index is 13.9. The fourth-order valence-corrected chi connectivity index (χ4v) is 4.06.